The van der Waals surface area contributed by atoms with Crippen LogP contribution in [0.2, 0.25) is 0 Å². The fourth-order valence-corrected chi connectivity index (χ4v) is 1.89. The normalized spacial score (nSPS) is 12.6. The summed E-state index contributed by atoms with van der Waals surface area (Å²) in [5, 5.41) is 3.26. The second-order valence-electron chi connectivity index (χ2n) is 4.39. The first kappa shape index (κ1) is 11.9. The number of aryl methyl sites for hydroxylation is 1. The van der Waals surface area contributed by atoms with Crippen LogP contribution in [0.5, 0.6) is 0 Å². The molecule has 1 aromatic carbocycles. The van der Waals surface area contributed by atoms with Gasteiger partial charge in [-0.3, -0.25) is 0 Å². The van der Waals surface area contributed by atoms with Crippen molar-refractivity contribution in [1.82, 2.24) is 14.9 Å². The van der Waals surface area contributed by atoms with Crippen molar-refractivity contribution in [2.75, 3.05) is 7.05 Å². The van der Waals surface area contributed by atoms with E-state index in [2.05, 4.69) is 46.1 Å². The summed E-state index contributed by atoms with van der Waals surface area (Å²) in [5.74, 6) is 1.10. The molecule has 1 unspecified atom stereocenters. The number of benzene rings is 1. The molecule has 17 heavy (non-hydrogen) atoms. The third kappa shape index (κ3) is 2.74. The van der Waals surface area contributed by atoms with E-state index in [1.54, 1.807) is 0 Å². The highest BCUT2D eigenvalue weighted by Gasteiger charge is 2.05. The van der Waals surface area contributed by atoms with Crippen LogP contribution in [0.25, 0.3) is 0 Å². The van der Waals surface area contributed by atoms with Gasteiger partial charge in [-0.05, 0) is 25.1 Å². The van der Waals surface area contributed by atoms with Gasteiger partial charge in [0.15, 0.2) is 0 Å². The molecule has 0 aliphatic rings. The third-order valence-electron chi connectivity index (χ3n) is 3.17. The second-order valence-corrected chi connectivity index (χ2v) is 4.39. The van der Waals surface area contributed by atoms with Crippen LogP contribution >= 0.6 is 0 Å². The van der Waals surface area contributed by atoms with Gasteiger partial charge in [-0.2, -0.15) is 0 Å². The van der Waals surface area contributed by atoms with E-state index in [4.69, 9.17) is 0 Å². The lowest BCUT2D eigenvalue weighted by atomic mass is 10.0. The molecule has 0 spiro atoms. The Kier molecular flexibility index (Phi) is 3.59. The molecular formula is C14H19N3. The maximum atomic E-state index is 4.35. The lowest BCUT2D eigenvalue weighted by Gasteiger charge is -2.12. The number of imidazole rings is 1. The van der Waals surface area contributed by atoms with E-state index in [1.807, 2.05) is 26.5 Å². The summed E-state index contributed by atoms with van der Waals surface area (Å²) in [7, 11) is 4.01. The first-order valence-electron chi connectivity index (χ1n) is 5.93. The predicted molar refractivity (Wildman–Crippen MR) is 69.9 cm³/mol. The van der Waals surface area contributed by atoms with Gasteiger partial charge >= 0.3 is 0 Å². The van der Waals surface area contributed by atoms with Gasteiger partial charge in [0.05, 0.1) is 0 Å². The minimum atomic E-state index is 0.385. The van der Waals surface area contributed by atoms with Crippen LogP contribution in [0, 0.1) is 0 Å². The first-order valence-corrected chi connectivity index (χ1v) is 5.93. The van der Waals surface area contributed by atoms with Crippen LogP contribution in [0.3, 0.4) is 0 Å². The molecule has 0 saturated heterocycles. The van der Waals surface area contributed by atoms with Crippen molar-refractivity contribution < 1.29 is 0 Å². The number of rotatable bonds is 4. The van der Waals surface area contributed by atoms with E-state index >= 15 is 0 Å². The van der Waals surface area contributed by atoms with Crippen molar-refractivity contribution >= 4 is 0 Å². The summed E-state index contributed by atoms with van der Waals surface area (Å²) in [6.07, 6.45) is 4.71. The Morgan fingerprint density at radius 2 is 2.24 bits per heavy atom. The minimum absolute atomic E-state index is 0.385. The predicted octanol–water partition coefficient (Wildman–Crippen LogP) is 2.29. The molecular weight excluding hydrogens is 210 g/mol. The molecule has 2 rings (SSSR count). The standard InChI is InChI=1S/C14H19N3/c1-11(15-2)13-6-4-5-12(9-13)10-14-16-7-8-17(14)3/h4-9,11,15H,10H2,1-3H3. The Morgan fingerprint density at radius 3 is 2.88 bits per heavy atom. The zero-order chi connectivity index (χ0) is 12.3. The molecule has 0 aliphatic heterocycles. The third-order valence-corrected chi connectivity index (χ3v) is 3.17. The number of nitrogens with one attached hydrogen (secondary N) is 1. The molecule has 2 aromatic rings. The molecule has 3 heteroatoms. The van der Waals surface area contributed by atoms with Crippen LogP contribution in [-0.2, 0) is 13.5 Å². The van der Waals surface area contributed by atoms with Crippen molar-refractivity contribution in [2.45, 2.75) is 19.4 Å². The number of aromatic nitrogens is 2. The van der Waals surface area contributed by atoms with Crippen LogP contribution in [-0.4, -0.2) is 16.6 Å². The Labute approximate surface area is 103 Å². The van der Waals surface area contributed by atoms with Crippen LogP contribution in [0.4, 0.5) is 0 Å². The van der Waals surface area contributed by atoms with Gasteiger partial charge in [-0.25, -0.2) is 4.98 Å². The topological polar surface area (TPSA) is 29.9 Å². The van der Waals surface area contributed by atoms with Crippen LogP contribution < -0.4 is 5.32 Å². The van der Waals surface area contributed by atoms with Gasteiger partial charge in [0.2, 0.25) is 0 Å². The van der Waals surface area contributed by atoms with E-state index < -0.39 is 0 Å². The van der Waals surface area contributed by atoms with E-state index in [-0.39, 0.29) is 0 Å². The molecule has 1 heterocycles. The molecule has 1 aromatic heterocycles. The fourth-order valence-electron chi connectivity index (χ4n) is 1.89. The van der Waals surface area contributed by atoms with Crippen LogP contribution in [0.15, 0.2) is 36.7 Å². The smallest absolute Gasteiger partial charge is 0.112 e. The van der Waals surface area contributed by atoms with E-state index in [0.29, 0.717) is 6.04 Å². The molecule has 1 atom stereocenters. The van der Waals surface area contributed by atoms with Gasteiger partial charge in [-0.1, -0.05) is 24.3 Å². The quantitative estimate of drug-likeness (QED) is 0.871. The Bertz CT molecular complexity index is 488. The molecule has 0 bridgehead atoms. The Hall–Kier alpha value is -1.61. The van der Waals surface area contributed by atoms with Crippen molar-refractivity contribution in [3.63, 3.8) is 0 Å². The van der Waals surface area contributed by atoms with Crippen molar-refractivity contribution in [1.29, 1.82) is 0 Å². The zero-order valence-corrected chi connectivity index (χ0v) is 10.6. The summed E-state index contributed by atoms with van der Waals surface area (Å²) in [5.41, 5.74) is 2.62. The molecule has 90 valence electrons. The van der Waals surface area contributed by atoms with Gasteiger partial charge in [0.25, 0.3) is 0 Å². The number of hydrogen-bond acceptors (Lipinski definition) is 2. The average Bonchev–Trinajstić information content (AvgIpc) is 2.74. The number of hydrogen-bond donors (Lipinski definition) is 1. The van der Waals surface area contributed by atoms with E-state index in [1.165, 1.54) is 11.1 Å². The van der Waals surface area contributed by atoms with E-state index in [9.17, 15) is 0 Å². The molecule has 0 saturated carbocycles. The lowest BCUT2D eigenvalue weighted by Crippen LogP contribution is -2.12. The maximum Gasteiger partial charge on any atom is 0.112 e. The summed E-state index contributed by atoms with van der Waals surface area (Å²) >= 11 is 0. The first-order chi connectivity index (χ1) is 8.20. The fraction of sp³-hybridized carbons (Fsp3) is 0.357. The Balaban J connectivity index is 2.19. The molecule has 1 N–H and O–H groups in total. The summed E-state index contributed by atoms with van der Waals surface area (Å²) in [6.45, 7) is 2.17. The highest BCUT2D eigenvalue weighted by molar-refractivity contribution is 5.27. The zero-order valence-electron chi connectivity index (χ0n) is 10.6. The van der Waals surface area contributed by atoms with E-state index in [0.717, 1.165) is 12.2 Å². The average molecular weight is 229 g/mol. The SMILES string of the molecule is CNC(C)c1cccc(Cc2nccn2C)c1. The monoisotopic (exact) mass is 229 g/mol. The summed E-state index contributed by atoms with van der Waals surface area (Å²) in [6, 6.07) is 9.05. The maximum absolute atomic E-state index is 4.35. The van der Waals surface area contributed by atoms with Gasteiger partial charge < -0.3 is 9.88 Å². The highest BCUT2D eigenvalue weighted by atomic mass is 15.0. The molecule has 0 fully saturated rings. The second kappa shape index (κ2) is 5.15. The number of nitrogens with zero attached hydrogens (tertiary/aromatic N) is 2. The summed E-state index contributed by atoms with van der Waals surface area (Å²) in [4.78, 5) is 4.35. The highest BCUT2D eigenvalue weighted by Crippen LogP contribution is 2.15. The summed E-state index contributed by atoms with van der Waals surface area (Å²) < 4.78 is 2.06. The van der Waals surface area contributed by atoms with Crippen LogP contribution in [0.1, 0.15) is 29.9 Å². The van der Waals surface area contributed by atoms with Crippen molar-refractivity contribution in [2.24, 2.45) is 7.05 Å². The molecule has 0 radical (unpaired) electrons. The Morgan fingerprint density at radius 1 is 1.41 bits per heavy atom. The molecule has 0 amide bonds. The largest absolute Gasteiger partial charge is 0.338 e. The lowest BCUT2D eigenvalue weighted by molar-refractivity contribution is 0.651. The van der Waals surface area contributed by atoms with Crippen molar-refractivity contribution in [3.8, 4) is 0 Å². The van der Waals surface area contributed by atoms with Gasteiger partial charge in [0.1, 0.15) is 5.82 Å². The van der Waals surface area contributed by atoms with Gasteiger partial charge in [0, 0.05) is 31.9 Å². The van der Waals surface area contributed by atoms with Gasteiger partial charge in [-0.15, -0.1) is 0 Å². The molecule has 3 nitrogen and oxygen atoms in total. The minimum Gasteiger partial charge on any atom is -0.338 e. The molecule has 0 aliphatic carbocycles. The van der Waals surface area contributed by atoms with Crippen molar-refractivity contribution in [3.05, 3.63) is 53.6 Å².